The van der Waals surface area contributed by atoms with Crippen molar-refractivity contribution in [1.82, 2.24) is 9.79 Å². The molecule has 2 rings (SSSR count). The number of nitrogens with zero attached hydrogens (tertiary/aromatic N) is 4. The second-order valence-electron chi connectivity index (χ2n) is 2.67. The summed E-state index contributed by atoms with van der Waals surface area (Å²) in [7, 11) is 3.96. The van der Waals surface area contributed by atoms with Crippen molar-refractivity contribution in [2.45, 2.75) is 0 Å². The summed E-state index contributed by atoms with van der Waals surface area (Å²) in [5.41, 5.74) is 0. The van der Waals surface area contributed by atoms with Gasteiger partial charge in [-0.3, -0.25) is 6.79 Å². The molecule has 0 bridgehead atoms. The van der Waals surface area contributed by atoms with Crippen molar-refractivity contribution in [3.05, 3.63) is 43.4 Å². The van der Waals surface area contributed by atoms with Gasteiger partial charge in [0.05, 0.1) is 0 Å². The molecule has 0 aromatic carbocycles. The van der Waals surface area contributed by atoms with E-state index in [-0.39, 0.29) is 21.1 Å². The molecular weight excluding hydrogens is 398 g/mol. The van der Waals surface area contributed by atoms with Gasteiger partial charge >= 0.3 is 28.6 Å². The van der Waals surface area contributed by atoms with Gasteiger partial charge in [-0.2, -0.15) is 0 Å². The first-order valence-corrected chi connectivity index (χ1v) is 4.27. The molecule has 1 aliphatic rings. The van der Waals surface area contributed by atoms with Crippen molar-refractivity contribution in [1.29, 1.82) is 5.26 Å². The van der Waals surface area contributed by atoms with E-state index in [4.69, 9.17) is 16.6 Å². The van der Waals surface area contributed by atoms with E-state index < -0.39 is 0 Å². The van der Waals surface area contributed by atoms with Crippen LogP contribution in [0.3, 0.4) is 0 Å². The minimum atomic E-state index is 0. The van der Waals surface area contributed by atoms with Crippen LogP contribution in [0.5, 0.6) is 0 Å². The van der Waals surface area contributed by atoms with Crippen molar-refractivity contribution in [3.63, 3.8) is 0 Å². The Kier molecular flexibility index (Phi) is 11.4. The minimum Gasteiger partial charge on any atom is -0.545 e. The van der Waals surface area contributed by atoms with Crippen LogP contribution in [0.1, 0.15) is 0 Å². The van der Waals surface area contributed by atoms with E-state index in [9.17, 15) is 0 Å². The minimum absolute atomic E-state index is 0. The molecule has 0 saturated carbocycles. The largest absolute Gasteiger partial charge is 2.00 e. The number of aromatic nitrogens is 1. The maximum Gasteiger partial charge on any atom is 2.00 e. The molecule has 89 valence electrons. The van der Waals surface area contributed by atoms with E-state index in [1.807, 2.05) is 54.8 Å². The Balaban J connectivity index is 0. The van der Waals surface area contributed by atoms with Crippen LogP contribution in [0.15, 0.2) is 36.8 Å². The van der Waals surface area contributed by atoms with Gasteiger partial charge in [0.15, 0.2) is 0 Å². The van der Waals surface area contributed by atoms with Crippen LogP contribution >= 0.6 is 0 Å². The SMILES string of the molecule is CN1[B]N(c2ccccn2)C=C1.[C-]#N.[CH-]=O.[Pt+2]. The molecule has 0 aliphatic carbocycles. The number of rotatable bonds is 1. The number of hydrogen-bond acceptors (Lipinski definition) is 5. The molecule has 0 spiro atoms. The molecule has 0 fully saturated rings. The van der Waals surface area contributed by atoms with Crippen molar-refractivity contribution in [2.75, 3.05) is 11.9 Å². The molecule has 1 aromatic rings. The molecule has 0 saturated heterocycles. The third-order valence-electron chi connectivity index (χ3n) is 1.68. The van der Waals surface area contributed by atoms with Crippen molar-refractivity contribution < 1.29 is 25.9 Å². The first-order valence-electron chi connectivity index (χ1n) is 4.27. The molecule has 1 radical (unpaired) electrons. The van der Waals surface area contributed by atoms with Crippen LogP contribution in [0, 0.1) is 11.8 Å². The molecule has 0 amide bonds. The van der Waals surface area contributed by atoms with E-state index in [1.54, 1.807) is 6.20 Å². The van der Waals surface area contributed by atoms with Gasteiger partial charge in [0, 0.05) is 18.6 Å². The molecule has 0 atom stereocenters. The normalized spacial score (nSPS) is 11.0. The van der Waals surface area contributed by atoms with E-state index >= 15 is 0 Å². The standard InChI is InChI=1S/C8H9BN3.CN.CHO.Pt/c1-11-6-7-12(9-11)8-4-2-3-5-10-8;2*1-2;/h2-7H,1H3;;1H;/q;2*-1;+2. The van der Waals surface area contributed by atoms with Gasteiger partial charge in [-0.05, 0) is 19.2 Å². The summed E-state index contributed by atoms with van der Waals surface area (Å²) in [5, 5.41) is 6.25. The Morgan fingerprint density at radius 2 is 2.00 bits per heavy atom. The van der Waals surface area contributed by atoms with Crippen molar-refractivity contribution in [2.24, 2.45) is 0 Å². The van der Waals surface area contributed by atoms with Gasteiger partial charge in [0.2, 0.25) is 0 Å². The third kappa shape index (κ3) is 5.89. The van der Waals surface area contributed by atoms with Crippen LogP contribution in [0.25, 0.3) is 0 Å². The Bertz CT molecular complexity index is 347. The molecule has 17 heavy (non-hydrogen) atoms. The van der Waals surface area contributed by atoms with Gasteiger partial charge in [-0.15, -0.1) is 0 Å². The Morgan fingerprint density at radius 3 is 2.41 bits per heavy atom. The summed E-state index contributed by atoms with van der Waals surface area (Å²) in [5.74, 6) is 0.943. The predicted octanol–water partition coefficient (Wildman–Crippen LogP) is 0.659. The smallest absolute Gasteiger partial charge is 0.545 e. The molecule has 0 unspecified atom stereocenters. The number of carbonyl (C=O) groups excluding carboxylic acids is 1. The predicted molar refractivity (Wildman–Crippen MR) is 61.1 cm³/mol. The summed E-state index contributed by atoms with van der Waals surface area (Å²) in [6.07, 6.45) is 5.74. The van der Waals surface area contributed by atoms with Crippen LogP contribution < -0.4 is 4.81 Å². The summed E-state index contributed by atoms with van der Waals surface area (Å²) >= 11 is 0. The molecule has 1 aliphatic heterocycles. The Hall–Kier alpha value is -1.60. The molecule has 7 heteroatoms. The number of anilines is 1. The van der Waals surface area contributed by atoms with Gasteiger partial charge in [0.25, 0.3) is 0 Å². The van der Waals surface area contributed by atoms with E-state index in [2.05, 4.69) is 11.8 Å². The molecule has 5 nitrogen and oxygen atoms in total. The van der Waals surface area contributed by atoms with Crippen LogP contribution in [0.2, 0.25) is 0 Å². The summed E-state index contributed by atoms with van der Waals surface area (Å²) in [6, 6.07) is 5.86. The van der Waals surface area contributed by atoms with E-state index in [0.29, 0.717) is 0 Å². The fraction of sp³-hybridized carbons (Fsp3) is 0.100. The average Bonchev–Trinajstić information content (AvgIpc) is 2.82. The summed E-state index contributed by atoms with van der Waals surface area (Å²) in [4.78, 5) is 15.9. The first kappa shape index (κ1) is 17.8. The number of hydrogen-bond donors (Lipinski definition) is 0. The van der Waals surface area contributed by atoms with Gasteiger partial charge in [-0.1, -0.05) is 6.07 Å². The zero-order chi connectivity index (χ0) is 12.4. The monoisotopic (exact) mass is 408 g/mol. The third-order valence-corrected chi connectivity index (χ3v) is 1.68. The fourth-order valence-corrected chi connectivity index (χ4v) is 1.09. The topological polar surface area (TPSA) is 60.2 Å². The van der Waals surface area contributed by atoms with Crippen LogP contribution in [0.4, 0.5) is 5.82 Å². The van der Waals surface area contributed by atoms with Crippen LogP contribution in [-0.2, 0) is 25.9 Å². The van der Waals surface area contributed by atoms with Gasteiger partial charge in [0.1, 0.15) is 5.82 Å². The zero-order valence-electron chi connectivity index (χ0n) is 9.13. The van der Waals surface area contributed by atoms with E-state index in [1.165, 1.54) is 0 Å². The van der Waals surface area contributed by atoms with Gasteiger partial charge in [-0.25, -0.2) is 4.98 Å². The molecular formula is C10H10BN4OPt. The molecule has 2 heterocycles. The fourth-order valence-electron chi connectivity index (χ4n) is 1.09. The quantitative estimate of drug-likeness (QED) is 0.388. The zero-order valence-corrected chi connectivity index (χ0v) is 11.4. The number of pyridine rings is 1. The average molecular weight is 408 g/mol. The Labute approximate surface area is 116 Å². The van der Waals surface area contributed by atoms with Crippen molar-refractivity contribution >= 4 is 20.2 Å². The molecule has 1 aromatic heterocycles. The molecule has 0 N–H and O–H groups in total. The van der Waals surface area contributed by atoms with Crippen molar-refractivity contribution in [3.8, 4) is 0 Å². The maximum atomic E-state index is 7.75. The van der Waals surface area contributed by atoms with Gasteiger partial charge < -0.3 is 26.3 Å². The second kappa shape index (κ2) is 10.9. The summed E-state index contributed by atoms with van der Waals surface area (Å²) < 4.78 is 0. The van der Waals surface area contributed by atoms with Crippen LogP contribution in [-0.4, -0.2) is 31.2 Å². The summed E-state index contributed by atoms with van der Waals surface area (Å²) in [6.45, 7) is 8.00. The Morgan fingerprint density at radius 1 is 1.35 bits per heavy atom. The van der Waals surface area contributed by atoms with E-state index in [0.717, 1.165) is 5.82 Å². The first-order chi connectivity index (χ1) is 7.86. The maximum absolute atomic E-state index is 7.75. The second-order valence-corrected chi connectivity index (χ2v) is 2.67.